The standard InChI is InChI=1S/C17H23N5O.ClH/c1-11-5-4-6-15(12(11)2)19-17(23)16-13(3)22(21-20-16)14-7-9-18-10-8-14;/h4-6,14,18H,7-10H2,1-3H3,(H,19,23);1H. The van der Waals surface area contributed by atoms with E-state index in [1.165, 1.54) is 0 Å². The summed E-state index contributed by atoms with van der Waals surface area (Å²) < 4.78 is 1.90. The fourth-order valence-corrected chi connectivity index (χ4v) is 3.02. The third-order valence-corrected chi connectivity index (χ3v) is 4.65. The zero-order chi connectivity index (χ0) is 16.4. The topological polar surface area (TPSA) is 71.8 Å². The predicted molar refractivity (Wildman–Crippen MR) is 97.0 cm³/mol. The van der Waals surface area contributed by atoms with Crippen molar-refractivity contribution in [1.82, 2.24) is 20.3 Å². The number of halogens is 1. The Hall–Kier alpha value is -1.92. The summed E-state index contributed by atoms with van der Waals surface area (Å²) in [6, 6.07) is 6.21. The zero-order valence-electron chi connectivity index (χ0n) is 14.3. The lowest BCUT2D eigenvalue weighted by atomic mass is 10.1. The number of carbonyl (C=O) groups excluding carboxylic acids is 1. The van der Waals surface area contributed by atoms with Gasteiger partial charge in [-0.15, -0.1) is 17.5 Å². The summed E-state index contributed by atoms with van der Waals surface area (Å²) in [5.74, 6) is -0.198. The minimum atomic E-state index is -0.198. The number of amides is 1. The van der Waals surface area contributed by atoms with E-state index < -0.39 is 0 Å². The van der Waals surface area contributed by atoms with Crippen LogP contribution in [0.5, 0.6) is 0 Å². The Morgan fingerprint density at radius 1 is 1.25 bits per heavy atom. The van der Waals surface area contributed by atoms with Gasteiger partial charge >= 0.3 is 0 Å². The maximum atomic E-state index is 12.6. The number of nitrogens with zero attached hydrogens (tertiary/aromatic N) is 3. The van der Waals surface area contributed by atoms with Crippen LogP contribution in [0, 0.1) is 20.8 Å². The Kier molecular flexibility index (Phi) is 5.96. The van der Waals surface area contributed by atoms with Crippen molar-refractivity contribution in [3.05, 3.63) is 40.7 Å². The van der Waals surface area contributed by atoms with Crippen LogP contribution in [-0.2, 0) is 0 Å². The number of aromatic nitrogens is 3. The number of hydrogen-bond acceptors (Lipinski definition) is 4. The molecule has 0 atom stereocenters. The van der Waals surface area contributed by atoms with E-state index in [2.05, 4.69) is 20.9 Å². The maximum Gasteiger partial charge on any atom is 0.278 e. The first kappa shape index (κ1) is 18.4. The molecule has 0 aliphatic carbocycles. The van der Waals surface area contributed by atoms with E-state index in [1.54, 1.807) is 0 Å². The van der Waals surface area contributed by atoms with Gasteiger partial charge in [0.1, 0.15) is 0 Å². The Balaban J connectivity index is 0.00000208. The summed E-state index contributed by atoms with van der Waals surface area (Å²) in [7, 11) is 0. The number of anilines is 1. The maximum absolute atomic E-state index is 12.6. The van der Waals surface area contributed by atoms with Gasteiger partial charge in [0.2, 0.25) is 0 Å². The van der Waals surface area contributed by atoms with Crippen molar-refractivity contribution < 1.29 is 4.79 Å². The average molecular weight is 350 g/mol. The first-order valence-corrected chi connectivity index (χ1v) is 8.08. The first-order valence-electron chi connectivity index (χ1n) is 8.08. The minimum Gasteiger partial charge on any atom is -0.320 e. The fourth-order valence-electron chi connectivity index (χ4n) is 3.02. The molecule has 1 aliphatic heterocycles. The molecule has 1 saturated heterocycles. The van der Waals surface area contributed by atoms with Crippen LogP contribution in [0.2, 0.25) is 0 Å². The van der Waals surface area contributed by atoms with Crippen molar-refractivity contribution in [3.63, 3.8) is 0 Å². The molecule has 3 rings (SSSR count). The van der Waals surface area contributed by atoms with E-state index >= 15 is 0 Å². The third-order valence-electron chi connectivity index (χ3n) is 4.65. The molecular formula is C17H24ClN5O. The number of nitrogens with one attached hydrogen (secondary N) is 2. The second kappa shape index (κ2) is 7.77. The molecule has 1 aromatic carbocycles. The first-order chi connectivity index (χ1) is 11.1. The Morgan fingerprint density at radius 3 is 2.67 bits per heavy atom. The zero-order valence-corrected chi connectivity index (χ0v) is 15.1. The van der Waals surface area contributed by atoms with Gasteiger partial charge in [-0.05, 0) is 63.9 Å². The Morgan fingerprint density at radius 2 is 1.96 bits per heavy atom. The highest BCUT2D eigenvalue weighted by Crippen LogP contribution is 2.22. The van der Waals surface area contributed by atoms with Crippen LogP contribution in [-0.4, -0.2) is 34.0 Å². The lowest BCUT2D eigenvalue weighted by molar-refractivity contribution is 0.102. The Labute approximate surface area is 148 Å². The second-order valence-electron chi connectivity index (χ2n) is 6.15. The molecular weight excluding hydrogens is 326 g/mol. The van der Waals surface area contributed by atoms with E-state index in [1.807, 2.05) is 43.7 Å². The van der Waals surface area contributed by atoms with Crippen LogP contribution in [0.3, 0.4) is 0 Å². The smallest absolute Gasteiger partial charge is 0.278 e. The molecule has 6 nitrogen and oxygen atoms in total. The molecule has 2 N–H and O–H groups in total. The van der Waals surface area contributed by atoms with Crippen LogP contribution in [0.4, 0.5) is 5.69 Å². The highest BCUT2D eigenvalue weighted by atomic mass is 35.5. The summed E-state index contributed by atoms with van der Waals surface area (Å²) in [6.45, 7) is 7.91. The molecule has 24 heavy (non-hydrogen) atoms. The van der Waals surface area contributed by atoms with Crippen LogP contribution in [0.1, 0.15) is 46.2 Å². The number of benzene rings is 1. The number of aryl methyl sites for hydroxylation is 1. The monoisotopic (exact) mass is 349 g/mol. The van der Waals surface area contributed by atoms with E-state index in [0.717, 1.165) is 48.4 Å². The fraction of sp³-hybridized carbons (Fsp3) is 0.471. The SMILES string of the molecule is Cc1cccc(NC(=O)c2nnn(C3CCNCC3)c2C)c1C.Cl. The lowest BCUT2D eigenvalue weighted by Crippen LogP contribution is -2.30. The highest BCUT2D eigenvalue weighted by molar-refractivity contribution is 6.04. The number of carbonyl (C=O) groups is 1. The molecule has 0 saturated carbocycles. The van der Waals surface area contributed by atoms with E-state index in [0.29, 0.717) is 11.7 Å². The van der Waals surface area contributed by atoms with Gasteiger partial charge in [-0.1, -0.05) is 17.3 Å². The van der Waals surface area contributed by atoms with Crippen LogP contribution in [0.15, 0.2) is 18.2 Å². The molecule has 1 aliphatic rings. The lowest BCUT2D eigenvalue weighted by Gasteiger charge is -2.23. The van der Waals surface area contributed by atoms with Gasteiger partial charge in [0.15, 0.2) is 5.69 Å². The molecule has 0 spiro atoms. The molecule has 2 aromatic rings. The summed E-state index contributed by atoms with van der Waals surface area (Å²) in [4.78, 5) is 12.6. The third kappa shape index (κ3) is 3.60. The van der Waals surface area contributed by atoms with Crippen LogP contribution in [0.25, 0.3) is 0 Å². The molecule has 1 amide bonds. The van der Waals surface area contributed by atoms with Crippen molar-refractivity contribution in [2.75, 3.05) is 18.4 Å². The molecule has 0 radical (unpaired) electrons. The largest absolute Gasteiger partial charge is 0.320 e. The Bertz CT molecular complexity index is 722. The van der Waals surface area contributed by atoms with Crippen molar-refractivity contribution in [2.45, 2.75) is 39.7 Å². The van der Waals surface area contributed by atoms with Gasteiger partial charge in [0.25, 0.3) is 5.91 Å². The minimum absolute atomic E-state index is 0. The molecule has 130 valence electrons. The molecule has 0 unspecified atom stereocenters. The summed E-state index contributed by atoms with van der Waals surface area (Å²) >= 11 is 0. The number of hydrogen-bond donors (Lipinski definition) is 2. The number of rotatable bonds is 3. The predicted octanol–water partition coefficient (Wildman–Crippen LogP) is 2.80. The number of piperidine rings is 1. The summed E-state index contributed by atoms with van der Waals surface area (Å²) in [6.07, 6.45) is 2.03. The summed E-state index contributed by atoms with van der Waals surface area (Å²) in [5, 5.41) is 14.6. The van der Waals surface area contributed by atoms with Gasteiger partial charge in [-0.25, -0.2) is 4.68 Å². The van der Waals surface area contributed by atoms with E-state index in [4.69, 9.17) is 0 Å². The van der Waals surface area contributed by atoms with Gasteiger partial charge < -0.3 is 10.6 Å². The average Bonchev–Trinajstić information content (AvgIpc) is 2.94. The molecule has 7 heteroatoms. The molecule has 1 aromatic heterocycles. The summed E-state index contributed by atoms with van der Waals surface area (Å²) in [5.41, 5.74) is 4.29. The van der Waals surface area contributed by atoms with E-state index in [-0.39, 0.29) is 18.3 Å². The second-order valence-corrected chi connectivity index (χ2v) is 6.15. The molecule has 0 bridgehead atoms. The van der Waals surface area contributed by atoms with Gasteiger partial charge in [0.05, 0.1) is 11.7 Å². The highest BCUT2D eigenvalue weighted by Gasteiger charge is 2.23. The van der Waals surface area contributed by atoms with Crippen molar-refractivity contribution in [3.8, 4) is 0 Å². The van der Waals surface area contributed by atoms with Crippen LogP contribution < -0.4 is 10.6 Å². The molecule has 2 heterocycles. The van der Waals surface area contributed by atoms with Crippen molar-refractivity contribution in [1.29, 1.82) is 0 Å². The quantitative estimate of drug-likeness (QED) is 0.893. The van der Waals surface area contributed by atoms with Gasteiger partial charge in [-0.3, -0.25) is 4.79 Å². The van der Waals surface area contributed by atoms with Crippen LogP contribution >= 0.6 is 12.4 Å². The molecule has 1 fully saturated rings. The normalized spacial score (nSPS) is 15.0. The van der Waals surface area contributed by atoms with Gasteiger partial charge in [-0.2, -0.15) is 0 Å². The van der Waals surface area contributed by atoms with Gasteiger partial charge in [0, 0.05) is 5.69 Å². The van der Waals surface area contributed by atoms with E-state index in [9.17, 15) is 4.79 Å². The van der Waals surface area contributed by atoms with Crippen molar-refractivity contribution >= 4 is 24.0 Å². The van der Waals surface area contributed by atoms with Crippen molar-refractivity contribution in [2.24, 2.45) is 0 Å².